The van der Waals surface area contributed by atoms with E-state index in [1.807, 2.05) is 6.92 Å². The van der Waals surface area contributed by atoms with E-state index in [9.17, 15) is 9.59 Å². The summed E-state index contributed by atoms with van der Waals surface area (Å²) in [6.45, 7) is 1.98. The van der Waals surface area contributed by atoms with Crippen LogP contribution in [0.4, 0.5) is 5.69 Å². The number of aryl methyl sites for hydroxylation is 1. The number of anilines is 1. The van der Waals surface area contributed by atoms with Gasteiger partial charge in [-0.2, -0.15) is 5.10 Å². The zero-order chi connectivity index (χ0) is 23.7. The summed E-state index contributed by atoms with van der Waals surface area (Å²) in [7, 11) is 1.51. The van der Waals surface area contributed by atoms with Crippen LogP contribution in [0.1, 0.15) is 50.6 Å². The molecule has 0 bridgehead atoms. The molecule has 2 heterocycles. The summed E-state index contributed by atoms with van der Waals surface area (Å²) in [5.74, 6) is 1.83. The summed E-state index contributed by atoms with van der Waals surface area (Å²) in [5.41, 5.74) is 5.69. The predicted molar refractivity (Wildman–Crippen MR) is 124 cm³/mol. The first-order chi connectivity index (χ1) is 16.5. The first kappa shape index (κ1) is 21.6. The lowest BCUT2D eigenvalue weighted by molar-refractivity contribution is 0.0950. The van der Waals surface area contributed by atoms with Gasteiger partial charge in [-0.3, -0.25) is 9.59 Å². The van der Waals surface area contributed by atoms with Crippen molar-refractivity contribution < 1.29 is 28.2 Å². The second-order valence-electron chi connectivity index (χ2n) is 7.93. The number of fused-ring (bicyclic) bond motifs is 2. The molecule has 0 saturated carbocycles. The second-order valence-corrected chi connectivity index (χ2v) is 7.93. The van der Waals surface area contributed by atoms with Gasteiger partial charge in [0.2, 0.25) is 6.79 Å². The number of hydrazone groups is 1. The number of methoxy groups -OCH3 is 1. The van der Waals surface area contributed by atoms with E-state index < -0.39 is 0 Å². The van der Waals surface area contributed by atoms with E-state index in [0.717, 1.165) is 12.0 Å². The topological polar surface area (TPSA) is 111 Å². The smallest absolute Gasteiger partial charge is 0.291 e. The third-order valence-corrected chi connectivity index (χ3v) is 5.81. The molecule has 3 aromatic rings. The quantitative estimate of drug-likeness (QED) is 0.555. The monoisotopic (exact) mass is 461 g/mol. The van der Waals surface area contributed by atoms with Gasteiger partial charge in [-0.25, -0.2) is 5.43 Å². The summed E-state index contributed by atoms with van der Waals surface area (Å²) < 4.78 is 21.9. The zero-order valence-electron chi connectivity index (χ0n) is 18.8. The van der Waals surface area contributed by atoms with Crippen LogP contribution in [0.3, 0.4) is 0 Å². The molecule has 1 aliphatic heterocycles. The van der Waals surface area contributed by atoms with Crippen LogP contribution in [-0.2, 0) is 6.42 Å². The number of carbonyl (C=O) groups is 2. The Morgan fingerprint density at radius 2 is 1.85 bits per heavy atom. The number of para-hydroxylation sites is 1. The van der Waals surface area contributed by atoms with E-state index in [2.05, 4.69) is 15.8 Å². The van der Waals surface area contributed by atoms with Crippen molar-refractivity contribution >= 4 is 23.2 Å². The number of furan rings is 1. The molecular formula is C25H23N3O6. The minimum Gasteiger partial charge on any atom is -0.496 e. The van der Waals surface area contributed by atoms with Gasteiger partial charge in [-0.1, -0.05) is 12.1 Å². The van der Waals surface area contributed by atoms with Crippen molar-refractivity contribution in [3.05, 3.63) is 70.7 Å². The van der Waals surface area contributed by atoms with E-state index >= 15 is 0 Å². The van der Waals surface area contributed by atoms with Crippen molar-refractivity contribution in [1.82, 2.24) is 5.43 Å². The molecule has 0 unspecified atom stereocenters. The summed E-state index contributed by atoms with van der Waals surface area (Å²) in [6.07, 6.45) is 2.14. The Kier molecular flexibility index (Phi) is 5.67. The summed E-state index contributed by atoms with van der Waals surface area (Å²) in [4.78, 5) is 25.6. The average Bonchev–Trinajstić information content (AvgIpc) is 3.46. The fourth-order valence-electron chi connectivity index (χ4n) is 4.17. The van der Waals surface area contributed by atoms with E-state index in [4.69, 9.17) is 18.6 Å². The van der Waals surface area contributed by atoms with Gasteiger partial charge in [-0.15, -0.1) is 0 Å². The number of hydrogen-bond donors (Lipinski definition) is 2. The fourth-order valence-corrected chi connectivity index (χ4v) is 4.17. The standard InChI is InChI=1S/C25H23N3O6/c1-14-22-17(27-28-24(29)16-6-3-4-8-18(16)31-2)7-5-9-20(22)34-23(14)25(30)26-15-10-11-19-21(12-15)33-13-32-19/h3-4,6,8,10-12H,5,7,9,13H2,1-2H3,(H,26,30)(H,28,29)/b27-17+. The normalized spacial score (nSPS) is 15.1. The molecule has 0 radical (unpaired) electrons. The number of hydrogen-bond acceptors (Lipinski definition) is 7. The minimum absolute atomic E-state index is 0.159. The molecule has 2 aliphatic rings. The zero-order valence-corrected chi connectivity index (χ0v) is 18.8. The van der Waals surface area contributed by atoms with E-state index in [0.29, 0.717) is 58.4 Å². The lowest BCUT2D eigenvalue weighted by atomic mass is 9.93. The lowest BCUT2D eigenvalue weighted by Crippen LogP contribution is -2.22. The van der Waals surface area contributed by atoms with Crippen LogP contribution in [0.2, 0.25) is 0 Å². The molecule has 0 atom stereocenters. The first-order valence-corrected chi connectivity index (χ1v) is 10.9. The van der Waals surface area contributed by atoms with Crippen LogP contribution in [0.5, 0.6) is 17.2 Å². The highest BCUT2D eigenvalue weighted by molar-refractivity contribution is 6.09. The summed E-state index contributed by atoms with van der Waals surface area (Å²) in [5, 5.41) is 7.22. The van der Waals surface area contributed by atoms with Crippen molar-refractivity contribution in [2.45, 2.75) is 26.2 Å². The maximum atomic E-state index is 13.0. The van der Waals surface area contributed by atoms with Crippen molar-refractivity contribution in [3.63, 3.8) is 0 Å². The molecular weight excluding hydrogens is 438 g/mol. The van der Waals surface area contributed by atoms with E-state index in [1.165, 1.54) is 7.11 Å². The molecule has 2 N–H and O–H groups in total. The van der Waals surface area contributed by atoms with Gasteiger partial charge < -0.3 is 23.9 Å². The predicted octanol–water partition coefficient (Wildman–Crippen LogP) is 4.05. The number of benzene rings is 2. The van der Waals surface area contributed by atoms with Crippen molar-refractivity contribution in [1.29, 1.82) is 0 Å². The number of amides is 2. The maximum absolute atomic E-state index is 13.0. The number of nitrogens with one attached hydrogen (secondary N) is 2. The van der Waals surface area contributed by atoms with Gasteiger partial charge >= 0.3 is 0 Å². The Hall–Kier alpha value is -4.27. The molecule has 2 amide bonds. The molecule has 0 fully saturated rings. The molecule has 1 aliphatic carbocycles. The fraction of sp³-hybridized carbons (Fsp3) is 0.240. The molecule has 0 spiro atoms. The summed E-state index contributed by atoms with van der Waals surface area (Å²) >= 11 is 0. The van der Waals surface area contributed by atoms with Crippen LogP contribution in [0, 0.1) is 6.92 Å². The van der Waals surface area contributed by atoms with Crippen LogP contribution in [0.15, 0.2) is 52.0 Å². The van der Waals surface area contributed by atoms with Crippen molar-refractivity contribution in [2.75, 3.05) is 19.2 Å². The third-order valence-electron chi connectivity index (χ3n) is 5.81. The molecule has 9 heteroatoms. The molecule has 9 nitrogen and oxygen atoms in total. The van der Waals surface area contributed by atoms with Gasteiger partial charge in [-0.05, 0) is 44.0 Å². The lowest BCUT2D eigenvalue weighted by Gasteiger charge is -2.14. The van der Waals surface area contributed by atoms with Gasteiger partial charge in [0.1, 0.15) is 11.5 Å². The molecule has 2 aromatic carbocycles. The van der Waals surface area contributed by atoms with E-state index in [1.54, 1.807) is 42.5 Å². The molecule has 5 rings (SSSR count). The Balaban J connectivity index is 1.37. The molecule has 1 aromatic heterocycles. The molecule has 0 saturated heterocycles. The van der Waals surface area contributed by atoms with Crippen LogP contribution >= 0.6 is 0 Å². The van der Waals surface area contributed by atoms with Crippen molar-refractivity contribution in [2.24, 2.45) is 5.10 Å². The number of carbonyl (C=O) groups excluding carboxylic acids is 2. The largest absolute Gasteiger partial charge is 0.496 e. The van der Waals surface area contributed by atoms with E-state index in [-0.39, 0.29) is 24.4 Å². The summed E-state index contributed by atoms with van der Waals surface area (Å²) in [6, 6.07) is 12.1. The Morgan fingerprint density at radius 1 is 1.03 bits per heavy atom. The van der Waals surface area contributed by atoms with Gasteiger partial charge in [0, 0.05) is 29.3 Å². The van der Waals surface area contributed by atoms with Crippen LogP contribution in [0.25, 0.3) is 0 Å². The van der Waals surface area contributed by atoms with Crippen molar-refractivity contribution in [3.8, 4) is 17.2 Å². The average molecular weight is 461 g/mol. The number of ether oxygens (including phenoxy) is 3. The van der Waals surface area contributed by atoms with Gasteiger partial charge in [0.15, 0.2) is 17.3 Å². The Bertz CT molecular complexity index is 1310. The highest BCUT2D eigenvalue weighted by Gasteiger charge is 2.28. The Morgan fingerprint density at radius 3 is 2.71 bits per heavy atom. The highest BCUT2D eigenvalue weighted by atomic mass is 16.7. The maximum Gasteiger partial charge on any atom is 0.291 e. The molecule has 174 valence electrons. The third kappa shape index (κ3) is 3.96. The number of nitrogens with zero attached hydrogens (tertiary/aromatic N) is 1. The van der Waals surface area contributed by atoms with Gasteiger partial charge in [0.25, 0.3) is 11.8 Å². The minimum atomic E-state index is -0.376. The SMILES string of the molecule is COc1ccccc1C(=O)N/N=C1\CCCc2oc(C(=O)Nc3ccc4c(c3)OCO4)c(C)c21. The second kappa shape index (κ2) is 8.93. The van der Waals surface area contributed by atoms with Crippen LogP contribution in [-0.4, -0.2) is 31.4 Å². The number of rotatable bonds is 5. The Labute approximate surface area is 195 Å². The van der Waals surface area contributed by atoms with Crippen LogP contribution < -0.4 is 25.0 Å². The highest BCUT2D eigenvalue weighted by Crippen LogP contribution is 2.35. The molecule has 34 heavy (non-hydrogen) atoms. The van der Waals surface area contributed by atoms with Gasteiger partial charge in [0.05, 0.1) is 18.4 Å². The first-order valence-electron chi connectivity index (χ1n) is 10.9.